The van der Waals surface area contributed by atoms with Crippen molar-refractivity contribution in [1.82, 2.24) is 0 Å². The maximum absolute atomic E-state index is 5.46. The van der Waals surface area contributed by atoms with Crippen molar-refractivity contribution in [2.75, 3.05) is 6.54 Å². The lowest BCUT2D eigenvalue weighted by Crippen LogP contribution is -1.94. The predicted molar refractivity (Wildman–Crippen MR) is 74.5 cm³/mol. The molecule has 0 fully saturated rings. The lowest BCUT2D eigenvalue weighted by atomic mass is 10.1. The summed E-state index contributed by atoms with van der Waals surface area (Å²) in [5, 5.41) is 0. The Hall–Kier alpha value is -0.820. The van der Waals surface area contributed by atoms with Crippen LogP contribution < -0.4 is 5.73 Å². The van der Waals surface area contributed by atoms with Gasteiger partial charge < -0.3 is 5.73 Å². The monoisotopic (exact) mass is 221 g/mol. The van der Waals surface area contributed by atoms with Crippen molar-refractivity contribution in [2.24, 2.45) is 5.73 Å². The van der Waals surface area contributed by atoms with Crippen LogP contribution in [0.5, 0.6) is 0 Å². The fourth-order valence-electron chi connectivity index (χ4n) is 1.54. The first-order valence-electron chi connectivity index (χ1n) is 6.21. The van der Waals surface area contributed by atoms with Gasteiger partial charge in [-0.3, -0.25) is 0 Å². The SMILES string of the molecule is CC(C)=CCC/C(C)=C/CC/C(C)=C\CN. The third-order valence-electron chi connectivity index (χ3n) is 2.59. The molecule has 0 aromatic heterocycles. The van der Waals surface area contributed by atoms with Crippen LogP contribution in [0.4, 0.5) is 0 Å². The van der Waals surface area contributed by atoms with E-state index in [1.807, 2.05) is 0 Å². The topological polar surface area (TPSA) is 26.0 Å². The van der Waals surface area contributed by atoms with Crippen molar-refractivity contribution in [3.63, 3.8) is 0 Å². The summed E-state index contributed by atoms with van der Waals surface area (Å²) in [5.41, 5.74) is 9.77. The molecule has 0 aliphatic heterocycles. The van der Waals surface area contributed by atoms with Gasteiger partial charge in [-0.1, -0.05) is 34.9 Å². The third kappa shape index (κ3) is 9.72. The van der Waals surface area contributed by atoms with Gasteiger partial charge in [0.25, 0.3) is 0 Å². The van der Waals surface area contributed by atoms with Crippen molar-refractivity contribution in [3.05, 3.63) is 34.9 Å². The highest BCUT2D eigenvalue weighted by molar-refractivity contribution is 5.05. The van der Waals surface area contributed by atoms with E-state index in [1.165, 1.54) is 29.6 Å². The van der Waals surface area contributed by atoms with Crippen LogP contribution in [0.3, 0.4) is 0 Å². The quantitative estimate of drug-likeness (QED) is 0.635. The Morgan fingerprint density at radius 2 is 1.31 bits per heavy atom. The summed E-state index contributed by atoms with van der Waals surface area (Å²) in [6, 6.07) is 0. The maximum Gasteiger partial charge on any atom is 0.0109 e. The second-order valence-corrected chi connectivity index (χ2v) is 4.70. The fourth-order valence-corrected chi connectivity index (χ4v) is 1.54. The van der Waals surface area contributed by atoms with Crippen molar-refractivity contribution >= 4 is 0 Å². The van der Waals surface area contributed by atoms with Crippen LogP contribution in [0.25, 0.3) is 0 Å². The normalized spacial score (nSPS) is 12.8. The van der Waals surface area contributed by atoms with Gasteiger partial charge in [0.05, 0.1) is 0 Å². The molecule has 0 aromatic rings. The maximum atomic E-state index is 5.46. The number of hydrogen-bond donors (Lipinski definition) is 1. The Morgan fingerprint density at radius 3 is 1.81 bits per heavy atom. The molecule has 0 amide bonds. The van der Waals surface area contributed by atoms with Gasteiger partial charge in [-0.15, -0.1) is 0 Å². The van der Waals surface area contributed by atoms with Gasteiger partial charge in [0.1, 0.15) is 0 Å². The van der Waals surface area contributed by atoms with Crippen molar-refractivity contribution in [1.29, 1.82) is 0 Å². The molecule has 0 bridgehead atoms. The highest BCUT2D eigenvalue weighted by Crippen LogP contribution is 2.10. The highest BCUT2D eigenvalue weighted by atomic mass is 14.5. The molecule has 0 aromatic carbocycles. The summed E-state index contributed by atoms with van der Waals surface area (Å²) in [4.78, 5) is 0. The zero-order valence-electron chi connectivity index (χ0n) is 11.3. The molecule has 16 heavy (non-hydrogen) atoms. The van der Waals surface area contributed by atoms with Crippen molar-refractivity contribution in [2.45, 2.75) is 53.4 Å². The molecule has 0 atom stereocenters. The third-order valence-corrected chi connectivity index (χ3v) is 2.59. The van der Waals surface area contributed by atoms with E-state index >= 15 is 0 Å². The summed E-state index contributed by atoms with van der Waals surface area (Å²) in [6.45, 7) is 9.34. The molecule has 1 heteroatoms. The minimum atomic E-state index is 0.662. The van der Waals surface area contributed by atoms with Crippen LogP contribution in [-0.4, -0.2) is 6.54 Å². The van der Waals surface area contributed by atoms with Crippen molar-refractivity contribution < 1.29 is 0 Å². The average Bonchev–Trinajstić information content (AvgIpc) is 2.17. The first kappa shape index (κ1) is 15.2. The second-order valence-electron chi connectivity index (χ2n) is 4.70. The zero-order valence-corrected chi connectivity index (χ0v) is 11.3. The summed E-state index contributed by atoms with van der Waals surface area (Å²) in [7, 11) is 0. The van der Waals surface area contributed by atoms with Crippen LogP contribution in [-0.2, 0) is 0 Å². The molecule has 1 nitrogen and oxygen atoms in total. The van der Waals surface area contributed by atoms with E-state index < -0.39 is 0 Å². The van der Waals surface area contributed by atoms with E-state index in [4.69, 9.17) is 5.73 Å². The predicted octanol–water partition coefficient (Wildman–Crippen LogP) is 4.36. The van der Waals surface area contributed by atoms with Crippen LogP contribution >= 0.6 is 0 Å². The molecule has 0 heterocycles. The van der Waals surface area contributed by atoms with Crippen molar-refractivity contribution in [3.8, 4) is 0 Å². The Bertz CT molecular complexity index is 265. The molecule has 0 spiro atoms. The largest absolute Gasteiger partial charge is 0.327 e. The zero-order chi connectivity index (χ0) is 12.4. The number of allylic oxidation sites excluding steroid dienone is 5. The molecule has 0 saturated heterocycles. The van der Waals surface area contributed by atoms with E-state index in [0.29, 0.717) is 6.54 Å². The lowest BCUT2D eigenvalue weighted by Gasteiger charge is -2.00. The van der Waals surface area contributed by atoms with Crippen LogP contribution in [0, 0.1) is 0 Å². The molecule has 0 saturated carbocycles. The Morgan fingerprint density at radius 1 is 0.812 bits per heavy atom. The molecule has 92 valence electrons. The van der Waals surface area contributed by atoms with Crippen LogP contribution in [0.15, 0.2) is 34.9 Å². The Balaban J connectivity index is 3.79. The van der Waals surface area contributed by atoms with Crippen LogP contribution in [0.1, 0.15) is 53.4 Å². The van der Waals surface area contributed by atoms with Gasteiger partial charge >= 0.3 is 0 Å². The summed E-state index contributed by atoms with van der Waals surface area (Å²) >= 11 is 0. The van der Waals surface area contributed by atoms with Gasteiger partial charge in [-0.05, 0) is 53.4 Å². The molecule has 0 aliphatic rings. The first-order chi connectivity index (χ1) is 7.56. The number of rotatable bonds is 7. The Labute approximate surface area is 101 Å². The molecule has 0 rings (SSSR count). The number of hydrogen-bond acceptors (Lipinski definition) is 1. The van der Waals surface area contributed by atoms with Gasteiger partial charge in [-0.2, -0.15) is 0 Å². The lowest BCUT2D eigenvalue weighted by molar-refractivity contribution is 0.914. The number of nitrogens with two attached hydrogens (primary N) is 1. The summed E-state index contributed by atoms with van der Waals surface area (Å²) < 4.78 is 0. The van der Waals surface area contributed by atoms with E-state index in [-0.39, 0.29) is 0 Å². The highest BCUT2D eigenvalue weighted by Gasteiger charge is 1.91. The van der Waals surface area contributed by atoms with E-state index in [9.17, 15) is 0 Å². The fraction of sp³-hybridized carbons (Fsp3) is 0.600. The first-order valence-corrected chi connectivity index (χ1v) is 6.21. The van der Waals surface area contributed by atoms with Gasteiger partial charge in [0.15, 0.2) is 0 Å². The summed E-state index contributed by atoms with van der Waals surface area (Å²) in [6.07, 6.45) is 11.4. The molecule has 0 aliphatic carbocycles. The van der Waals surface area contributed by atoms with Gasteiger partial charge in [0.2, 0.25) is 0 Å². The van der Waals surface area contributed by atoms with E-state index in [2.05, 4.69) is 45.9 Å². The minimum Gasteiger partial charge on any atom is -0.327 e. The molecule has 0 unspecified atom stereocenters. The second kappa shape index (κ2) is 9.41. The molecule has 0 radical (unpaired) electrons. The van der Waals surface area contributed by atoms with E-state index in [0.717, 1.165) is 12.8 Å². The van der Waals surface area contributed by atoms with Crippen LogP contribution in [0.2, 0.25) is 0 Å². The Kier molecular flexibility index (Phi) is 8.93. The molecule has 2 N–H and O–H groups in total. The standard InChI is InChI=1S/C15H27N/c1-13(2)7-5-8-14(3)9-6-10-15(4)11-12-16/h7,9,11H,5-6,8,10,12,16H2,1-4H3/b14-9+,15-11-. The smallest absolute Gasteiger partial charge is 0.0109 e. The van der Waals surface area contributed by atoms with Gasteiger partial charge in [-0.25, -0.2) is 0 Å². The summed E-state index contributed by atoms with van der Waals surface area (Å²) in [5.74, 6) is 0. The average molecular weight is 221 g/mol. The molecular weight excluding hydrogens is 194 g/mol. The molecular formula is C15H27N. The van der Waals surface area contributed by atoms with E-state index in [1.54, 1.807) is 0 Å². The van der Waals surface area contributed by atoms with Gasteiger partial charge in [0, 0.05) is 6.54 Å². The minimum absolute atomic E-state index is 0.662.